The number of rotatable bonds is 8. The summed E-state index contributed by atoms with van der Waals surface area (Å²) < 4.78 is 11.6. The van der Waals surface area contributed by atoms with Gasteiger partial charge in [0.15, 0.2) is 0 Å². The number of amides is 3. The van der Waals surface area contributed by atoms with Crippen molar-refractivity contribution in [2.45, 2.75) is 64.3 Å². The van der Waals surface area contributed by atoms with Crippen LogP contribution in [0.1, 0.15) is 44.1 Å². The molecule has 1 aromatic carbocycles. The first-order chi connectivity index (χ1) is 18.5. The predicted octanol–water partition coefficient (Wildman–Crippen LogP) is 3.63. The molecule has 11 heteroatoms. The summed E-state index contributed by atoms with van der Waals surface area (Å²) in [7, 11) is 1.58. The zero-order chi connectivity index (χ0) is 28.2. The lowest BCUT2D eigenvalue weighted by molar-refractivity contribution is -0.140. The molecule has 0 saturated carbocycles. The number of fused-ring (bicyclic) bond motifs is 1. The number of thiophene rings is 1. The van der Waals surface area contributed by atoms with E-state index in [4.69, 9.17) is 15.2 Å². The van der Waals surface area contributed by atoms with Crippen molar-refractivity contribution in [1.82, 2.24) is 20.5 Å². The van der Waals surface area contributed by atoms with Gasteiger partial charge in [-0.1, -0.05) is 12.1 Å². The molecule has 10 nitrogen and oxygen atoms in total. The number of nitrogens with two attached hydrogens (primary N) is 1. The van der Waals surface area contributed by atoms with E-state index in [2.05, 4.69) is 15.6 Å². The van der Waals surface area contributed by atoms with Crippen LogP contribution in [0.15, 0.2) is 42.6 Å². The van der Waals surface area contributed by atoms with Crippen molar-refractivity contribution < 1.29 is 23.9 Å². The molecule has 1 saturated heterocycles. The molecule has 0 bridgehead atoms. The van der Waals surface area contributed by atoms with E-state index in [-0.39, 0.29) is 18.2 Å². The highest BCUT2D eigenvalue weighted by molar-refractivity contribution is 7.19. The van der Waals surface area contributed by atoms with Crippen LogP contribution in [0, 0.1) is 0 Å². The fraction of sp³-hybridized carbons (Fsp3) is 0.429. The van der Waals surface area contributed by atoms with Crippen molar-refractivity contribution in [1.29, 1.82) is 0 Å². The van der Waals surface area contributed by atoms with E-state index >= 15 is 0 Å². The number of aromatic nitrogens is 1. The topological polar surface area (TPSA) is 136 Å². The van der Waals surface area contributed by atoms with Crippen LogP contribution >= 0.6 is 11.3 Å². The number of hydrogen-bond donors (Lipinski definition) is 3. The number of nitrogens with zero attached hydrogens (tertiary/aromatic N) is 2. The lowest BCUT2D eigenvalue weighted by Crippen LogP contribution is -2.54. The molecule has 2 aromatic heterocycles. The molecule has 0 spiro atoms. The molecule has 3 amide bonds. The summed E-state index contributed by atoms with van der Waals surface area (Å²) in [5.74, 6) is 0.588. The average Bonchev–Trinajstić information content (AvgIpc) is 3.54. The summed E-state index contributed by atoms with van der Waals surface area (Å²) in [6.45, 7) is 6.03. The number of methoxy groups -OCH3 is 1. The number of benzene rings is 1. The molecule has 0 aliphatic carbocycles. The molecule has 3 aromatic rings. The van der Waals surface area contributed by atoms with Gasteiger partial charge in [0.2, 0.25) is 11.8 Å². The molecule has 1 aliphatic heterocycles. The monoisotopic (exact) mass is 553 g/mol. The van der Waals surface area contributed by atoms with E-state index in [0.29, 0.717) is 37.5 Å². The van der Waals surface area contributed by atoms with Gasteiger partial charge in [-0.15, -0.1) is 11.3 Å². The molecule has 2 unspecified atom stereocenters. The molecule has 2 atom stereocenters. The Bertz CT molecular complexity index is 1330. The largest absolute Gasteiger partial charge is 0.497 e. The van der Waals surface area contributed by atoms with Crippen LogP contribution < -0.4 is 21.1 Å². The number of nitrogens with one attached hydrogen (secondary N) is 2. The minimum atomic E-state index is -0.903. The van der Waals surface area contributed by atoms with Gasteiger partial charge in [-0.2, -0.15) is 0 Å². The number of anilines is 1. The van der Waals surface area contributed by atoms with Crippen LogP contribution in [-0.2, 0) is 27.3 Å². The Balaban J connectivity index is 1.46. The van der Waals surface area contributed by atoms with Gasteiger partial charge in [0.25, 0.3) is 0 Å². The summed E-state index contributed by atoms with van der Waals surface area (Å²) in [6, 6.07) is 9.57. The quantitative estimate of drug-likeness (QED) is 0.388. The number of likely N-dealkylation sites (tertiary alicyclic amines) is 1. The fourth-order valence-corrected chi connectivity index (χ4v) is 5.57. The maximum atomic E-state index is 13.8. The second-order valence-electron chi connectivity index (χ2n) is 10.5. The number of pyridine rings is 1. The van der Waals surface area contributed by atoms with Crippen LogP contribution in [0.2, 0.25) is 0 Å². The van der Waals surface area contributed by atoms with Gasteiger partial charge in [-0.05, 0) is 63.4 Å². The van der Waals surface area contributed by atoms with Crippen molar-refractivity contribution in [3.63, 3.8) is 0 Å². The van der Waals surface area contributed by atoms with Crippen molar-refractivity contribution in [3.05, 3.63) is 53.0 Å². The van der Waals surface area contributed by atoms with Gasteiger partial charge in [-0.3, -0.25) is 9.59 Å². The minimum Gasteiger partial charge on any atom is -0.497 e. The molecular formula is C28H35N5O5S. The highest BCUT2D eigenvalue weighted by Crippen LogP contribution is 2.28. The van der Waals surface area contributed by atoms with Crippen molar-refractivity contribution in [3.8, 4) is 5.75 Å². The summed E-state index contributed by atoms with van der Waals surface area (Å²) in [6.07, 6.45) is 2.45. The highest BCUT2D eigenvalue weighted by atomic mass is 32.1. The third-order valence-corrected chi connectivity index (χ3v) is 7.49. The summed E-state index contributed by atoms with van der Waals surface area (Å²) >= 11 is 1.54. The Kier molecular flexibility index (Phi) is 8.59. The van der Waals surface area contributed by atoms with Gasteiger partial charge in [0.1, 0.15) is 29.3 Å². The Labute approximate surface area is 231 Å². The molecule has 208 valence electrons. The van der Waals surface area contributed by atoms with Crippen LogP contribution in [-0.4, -0.2) is 59.1 Å². The van der Waals surface area contributed by atoms with Gasteiger partial charge < -0.3 is 30.7 Å². The molecular weight excluding hydrogens is 518 g/mol. The van der Waals surface area contributed by atoms with Gasteiger partial charge in [0, 0.05) is 34.1 Å². The van der Waals surface area contributed by atoms with E-state index in [1.165, 1.54) is 11.3 Å². The van der Waals surface area contributed by atoms with Gasteiger partial charge in [0.05, 0.1) is 13.7 Å². The number of nitrogen functional groups attached to an aromatic ring is 1. The van der Waals surface area contributed by atoms with E-state index in [1.807, 2.05) is 24.3 Å². The Morgan fingerprint density at radius 1 is 1.21 bits per heavy atom. The molecule has 0 radical (unpaired) electrons. The summed E-state index contributed by atoms with van der Waals surface area (Å²) in [5, 5.41) is 6.56. The highest BCUT2D eigenvalue weighted by Gasteiger charge is 2.38. The maximum Gasteiger partial charge on any atom is 0.408 e. The molecule has 3 heterocycles. The van der Waals surface area contributed by atoms with Crippen LogP contribution in [0.25, 0.3) is 10.1 Å². The minimum absolute atomic E-state index is 0.232. The molecule has 39 heavy (non-hydrogen) atoms. The number of hydrogen-bond acceptors (Lipinski definition) is 8. The first-order valence-corrected chi connectivity index (χ1v) is 13.7. The Morgan fingerprint density at radius 2 is 1.95 bits per heavy atom. The summed E-state index contributed by atoms with van der Waals surface area (Å²) in [5.41, 5.74) is 6.08. The maximum absolute atomic E-state index is 13.8. The first kappa shape index (κ1) is 28.2. The normalized spacial score (nSPS) is 16.1. The number of alkyl carbamates (subject to hydrolysis) is 1. The van der Waals surface area contributed by atoms with Crippen molar-refractivity contribution in [2.75, 3.05) is 19.4 Å². The van der Waals surface area contributed by atoms with Crippen molar-refractivity contribution >= 4 is 45.1 Å². The van der Waals surface area contributed by atoms with Crippen LogP contribution in [0.5, 0.6) is 5.75 Å². The SMILES string of the molecule is COc1ccc(CC(NC(=O)OC(C)(C)C)C(=O)N2CCCC2C(=O)NCc2cc3c(N)nccc3s2)cc1. The number of ether oxygens (including phenoxy) is 2. The molecule has 1 aliphatic rings. The zero-order valence-electron chi connectivity index (χ0n) is 22.7. The zero-order valence-corrected chi connectivity index (χ0v) is 23.5. The third-order valence-electron chi connectivity index (χ3n) is 6.39. The van der Waals surface area contributed by atoms with Gasteiger partial charge in [-0.25, -0.2) is 9.78 Å². The lowest BCUT2D eigenvalue weighted by Gasteiger charge is -2.29. The lowest BCUT2D eigenvalue weighted by atomic mass is 10.0. The summed E-state index contributed by atoms with van der Waals surface area (Å²) in [4.78, 5) is 46.2. The van der Waals surface area contributed by atoms with Crippen molar-refractivity contribution in [2.24, 2.45) is 0 Å². The number of carbonyl (C=O) groups excluding carboxylic acids is 3. The van der Waals surface area contributed by atoms with Gasteiger partial charge >= 0.3 is 6.09 Å². The van der Waals surface area contributed by atoms with Crippen LogP contribution in [0.4, 0.5) is 10.6 Å². The van der Waals surface area contributed by atoms with E-state index < -0.39 is 23.8 Å². The Hall–Kier alpha value is -3.86. The molecule has 4 N–H and O–H groups in total. The second kappa shape index (κ2) is 11.9. The van der Waals surface area contributed by atoms with E-state index in [0.717, 1.165) is 20.5 Å². The number of carbonyl (C=O) groups is 3. The predicted molar refractivity (Wildman–Crippen MR) is 150 cm³/mol. The van der Waals surface area contributed by atoms with E-state index in [1.54, 1.807) is 51.1 Å². The van der Waals surface area contributed by atoms with Crippen LogP contribution in [0.3, 0.4) is 0 Å². The second-order valence-corrected chi connectivity index (χ2v) is 11.6. The molecule has 1 fully saturated rings. The third kappa shape index (κ3) is 7.17. The standard InChI is InChI=1S/C28H35N5O5S/c1-28(2,3)38-27(36)32-21(14-17-7-9-18(37-4)10-8-17)26(35)33-13-5-6-22(33)25(34)31-16-19-15-20-23(39-19)11-12-30-24(20)29/h7-12,15,21-22H,5-6,13-14,16H2,1-4H3,(H2,29,30)(H,31,34)(H,32,36). The molecule has 4 rings (SSSR count). The van der Waals surface area contributed by atoms with E-state index in [9.17, 15) is 14.4 Å². The smallest absolute Gasteiger partial charge is 0.408 e. The average molecular weight is 554 g/mol. The first-order valence-electron chi connectivity index (χ1n) is 12.9. The fourth-order valence-electron chi connectivity index (χ4n) is 4.57. The Morgan fingerprint density at radius 3 is 2.62 bits per heavy atom.